The minimum Gasteiger partial charge on any atom is -0.481 e. The van der Waals surface area contributed by atoms with Crippen molar-refractivity contribution < 1.29 is 32.3 Å². The topological polar surface area (TPSA) is 148 Å². The van der Waals surface area contributed by atoms with Gasteiger partial charge in [0.1, 0.15) is 17.7 Å². The molecule has 0 spiro atoms. The Morgan fingerprint density at radius 1 is 1.02 bits per heavy atom. The second-order valence-electron chi connectivity index (χ2n) is 16.1. The van der Waals surface area contributed by atoms with Crippen molar-refractivity contribution >= 4 is 35.9 Å². The number of aliphatic imine (C=N–C) groups is 1. The van der Waals surface area contributed by atoms with Crippen LogP contribution in [0.25, 0.3) is 0 Å². The van der Waals surface area contributed by atoms with Crippen molar-refractivity contribution in [1.29, 1.82) is 0 Å². The van der Waals surface area contributed by atoms with Crippen molar-refractivity contribution in [2.75, 3.05) is 69.7 Å². The lowest BCUT2D eigenvalue weighted by Gasteiger charge is -2.38. The molecule has 2 atom stereocenters. The van der Waals surface area contributed by atoms with E-state index in [2.05, 4.69) is 47.1 Å². The molecular weight excluding hydrogens is 754 g/mol. The van der Waals surface area contributed by atoms with Gasteiger partial charge >= 0.3 is 6.18 Å². The predicted molar refractivity (Wildman–Crippen MR) is 212 cm³/mol. The summed E-state index contributed by atoms with van der Waals surface area (Å²) in [5.74, 6) is 0.0410. The van der Waals surface area contributed by atoms with Crippen molar-refractivity contribution in [1.82, 2.24) is 35.0 Å². The lowest BCUT2D eigenvalue weighted by Crippen LogP contribution is -2.45. The number of piperidine rings is 3. The van der Waals surface area contributed by atoms with E-state index < -0.39 is 17.6 Å². The number of fused-ring (bicyclic) bond motifs is 1. The standard InChI is InChI=1S/C41H53F3N10O4/c1-26(18-34(41(42,43)44)39(45-2)58-3)53-17-11-35-33(24-53)37(48-25-47-35)49-30-10-16-54(23-30)40(57)28-8-12-51(13-9-28)22-27-6-14-52(15-7-27)31-19-29(20-46-21-31)32-4-5-36(55)50-38(32)56/h18-21,25,27-28,30,32H,2,4-17,22-24H2,1,3H3,(H,47,48,49)(H,50,55,56)/b26-18+,39-34-/t30-,32?/m0/s1. The Bertz CT molecular complexity index is 1920. The molecule has 17 heteroatoms. The molecule has 312 valence electrons. The van der Waals surface area contributed by atoms with Gasteiger partial charge in [-0.05, 0) is 88.9 Å². The number of likely N-dealkylation sites (tertiary alicyclic amines) is 2. The van der Waals surface area contributed by atoms with E-state index in [0.717, 1.165) is 101 Å². The van der Waals surface area contributed by atoms with Crippen LogP contribution in [0, 0.1) is 11.8 Å². The van der Waals surface area contributed by atoms with Crippen LogP contribution in [0.3, 0.4) is 0 Å². The molecule has 0 radical (unpaired) electrons. The second-order valence-corrected chi connectivity index (χ2v) is 16.1. The number of allylic oxidation sites excluding steroid dienone is 3. The van der Waals surface area contributed by atoms with Crippen LogP contribution >= 0.6 is 0 Å². The number of rotatable bonds is 11. The monoisotopic (exact) mass is 806 g/mol. The van der Waals surface area contributed by atoms with Crippen LogP contribution < -0.4 is 15.5 Å². The number of pyridine rings is 1. The first-order chi connectivity index (χ1) is 27.9. The molecular formula is C41H53F3N10O4. The minimum atomic E-state index is -4.67. The molecule has 2 N–H and O–H groups in total. The van der Waals surface area contributed by atoms with Crippen molar-refractivity contribution in [3.63, 3.8) is 0 Å². The van der Waals surface area contributed by atoms with E-state index in [-0.39, 0.29) is 35.6 Å². The normalized spacial score (nSPS) is 23.3. The van der Waals surface area contributed by atoms with Crippen molar-refractivity contribution in [3.8, 4) is 0 Å². The molecule has 5 aliphatic rings. The summed E-state index contributed by atoms with van der Waals surface area (Å²) < 4.78 is 46.5. The van der Waals surface area contributed by atoms with Crippen LogP contribution in [0.5, 0.6) is 0 Å². The summed E-state index contributed by atoms with van der Waals surface area (Å²) in [4.78, 5) is 63.3. The first-order valence-electron chi connectivity index (χ1n) is 20.3. The van der Waals surface area contributed by atoms with E-state index in [1.807, 2.05) is 22.1 Å². The fourth-order valence-electron chi connectivity index (χ4n) is 9.04. The first kappa shape index (κ1) is 41.1. The Kier molecular flexibility index (Phi) is 12.6. The van der Waals surface area contributed by atoms with Crippen LogP contribution in [0.4, 0.5) is 24.7 Å². The maximum absolute atomic E-state index is 13.9. The van der Waals surface area contributed by atoms with Gasteiger partial charge in [0.2, 0.25) is 23.6 Å². The first-order valence-corrected chi connectivity index (χ1v) is 20.3. The van der Waals surface area contributed by atoms with Crippen LogP contribution in [-0.4, -0.2) is 126 Å². The smallest absolute Gasteiger partial charge is 0.421 e. The molecule has 0 saturated carbocycles. The average molecular weight is 807 g/mol. The van der Waals surface area contributed by atoms with Crippen LogP contribution in [-0.2, 0) is 32.1 Å². The molecule has 58 heavy (non-hydrogen) atoms. The van der Waals surface area contributed by atoms with Gasteiger partial charge in [-0.3, -0.25) is 24.7 Å². The molecule has 2 aromatic rings. The van der Waals surface area contributed by atoms with Gasteiger partial charge in [-0.25, -0.2) is 15.0 Å². The molecule has 0 aliphatic carbocycles. The number of carbonyl (C=O) groups excluding carboxylic acids is 3. The van der Waals surface area contributed by atoms with Gasteiger partial charge in [-0.1, -0.05) is 0 Å². The zero-order valence-corrected chi connectivity index (χ0v) is 33.3. The molecule has 7 rings (SSSR count). The number of anilines is 2. The number of hydrogen-bond donors (Lipinski definition) is 2. The highest BCUT2D eigenvalue weighted by Gasteiger charge is 2.38. The molecule has 3 amide bonds. The van der Waals surface area contributed by atoms with E-state index in [4.69, 9.17) is 4.74 Å². The minimum absolute atomic E-state index is 0.000647. The zero-order chi connectivity index (χ0) is 41.0. The van der Waals surface area contributed by atoms with E-state index in [1.165, 1.54) is 6.33 Å². The number of nitrogens with one attached hydrogen (secondary N) is 2. The third-order valence-corrected chi connectivity index (χ3v) is 12.4. The molecule has 1 unspecified atom stereocenters. The van der Waals surface area contributed by atoms with Crippen LogP contribution in [0.2, 0.25) is 0 Å². The molecule has 4 fully saturated rings. The van der Waals surface area contributed by atoms with Crippen molar-refractivity contribution in [3.05, 3.63) is 64.8 Å². The van der Waals surface area contributed by atoms with Gasteiger partial charge in [-0.2, -0.15) is 13.2 Å². The average Bonchev–Trinajstić information content (AvgIpc) is 3.69. The summed E-state index contributed by atoms with van der Waals surface area (Å²) >= 11 is 0. The quantitative estimate of drug-likeness (QED) is 0.144. The largest absolute Gasteiger partial charge is 0.481 e. The molecule has 2 aromatic heterocycles. The summed E-state index contributed by atoms with van der Waals surface area (Å²) in [5.41, 5.74) is 2.98. The second kappa shape index (κ2) is 17.8. The molecule has 5 aliphatic heterocycles. The molecule has 14 nitrogen and oxygen atoms in total. The Hall–Kier alpha value is -5.06. The van der Waals surface area contributed by atoms with Crippen molar-refractivity contribution in [2.24, 2.45) is 16.8 Å². The maximum atomic E-state index is 13.9. The van der Waals surface area contributed by atoms with Gasteiger partial charge in [0.15, 0.2) is 0 Å². The molecule has 7 heterocycles. The summed E-state index contributed by atoms with van der Waals surface area (Å²) in [6, 6.07) is 2.05. The number of aromatic nitrogens is 3. The van der Waals surface area contributed by atoms with E-state index in [1.54, 1.807) is 13.1 Å². The van der Waals surface area contributed by atoms with Gasteiger partial charge in [0, 0.05) is 88.1 Å². The number of carbonyl (C=O) groups is 3. The number of nitrogens with zero attached hydrogens (tertiary/aromatic N) is 8. The van der Waals surface area contributed by atoms with Gasteiger partial charge in [-0.15, -0.1) is 0 Å². The Morgan fingerprint density at radius 2 is 1.79 bits per heavy atom. The fourth-order valence-corrected chi connectivity index (χ4v) is 9.04. The Morgan fingerprint density at radius 3 is 2.50 bits per heavy atom. The third-order valence-electron chi connectivity index (χ3n) is 12.4. The van der Waals surface area contributed by atoms with Crippen LogP contribution in [0.1, 0.15) is 74.6 Å². The number of ether oxygens (including phenoxy) is 1. The van der Waals surface area contributed by atoms with Crippen molar-refractivity contribution in [2.45, 2.75) is 83.0 Å². The number of imide groups is 1. The summed E-state index contributed by atoms with van der Waals surface area (Å²) in [6.45, 7) is 11.6. The number of hydrogen-bond acceptors (Lipinski definition) is 12. The number of methoxy groups -OCH3 is 1. The van der Waals surface area contributed by atoms with E-state index in [0.29, 0.717) is 62.9 Å². The number of amides is 3. The predicted octanol–water partition coefficient (Wildman–Crippen LogP) is 4.42. The fraction of sp³-hybridized carbons (Fsp3) is 0.585. The summed E-state index contributed by atoms with van der Waals surface area (Å²) in [5, 5.41) is 5.98. The third kappa shape index (κ3) is 9.45. The zero-order valence-electron chi connectivity index (χ0n) is 33.3. The summed E-state index contributed by atoms with van der Waals surface area (Å²) in [7, 11) is 1.13. The number of halogens is 3. The molecule has 0 aromatic carbocycles. The Balaban J connectivity index is 0.866. The van der Waals surface area contributed by atoms with Crippen LogP contribution in [0.15, 0.2) is 53.0 Å². The highest BCUT2D eigenvalue weighted by atomic mass is 19.4. The molecule has 4 saturated heterocycles. The lowest BCUT2D eigenvalue weighted by atomic mass is 9.90. The summed E-state index contributed by atoms with van der Waals surface area (Å²) in [6.07, 6.45) is 7.45. The number of alkyl halides is 3. The SMILES string of the molecule is C=N/C(OC)=C(\C=C(/C)N1CCc2ncnc(N[C@H]3CCN(C(=O)C4CCN(CC5CCN(c6cncc(C7CCC(=O)NC7=O)c6)CC5)CC4)C3)c2C1)C(F)(F)F. The molecule has 0 bridgehead atoms. The van der Waals surface area contributed by atoms with Gasteiger partial charge in [0.05, 0.1) is 30.6 Å². The van der Waals surface area contributed by atoms with Gasteiger partial charge < -0.3 is 29.7 Å². The maximum Gasteiger partial charge on any atom is 0.421 e. The highest BCUT2D eigenvalue weighted by Crippen LogP contribution is 2.34. The lowest BCUT2D eigenvalue weighted by molar-refractivity contribution is -0.136. The van der Waals surface area contributed by atoms with E-state index >= 15 is 0 Å². The van der Waals surface area contributed by atoms with Gasteiger partial charge in [0.25, 0.3) is 0 Å². The highest BCUT2D eigenvalue weighted by molar-refractivity contribution is 6.01. The Labute approximate surface area is 337 Å². The van der Waals surface area contributed by atoms with E-state index in [9.17, 15) is 27.6 Å².